The van der Waals surface area contributed by atoms with Crippen LogP contribution in [0.5, 0.6) is 17.2 Å². The minimum Gasteiger partial charge on any atom is -0.494 e. The third-order valence-electron chi connectivity index (χ3n) is 5.37. The molecule has 0 fully saturated rings. The van der Waals surface area contributed by atoms with Gasteiger partial charge in [0.05, 0.1) is 19.8 Å². The van der Waals surface area contributed by atoms with Gasteiger partial charge in [0.25, 0.3) is 0 Å². The van der Waals surface area contributed by atoms with E-state index in [-0.39, 0.29) is 0 Å². The molecule has 4 heteroatoms. The lowest BCUT2D eigenvalue weighted by molar-refractivity contribution is 0.256. The Labute approximate surface area is 183 Å². The zero-order valence-electron chi connectivity index (χ0n) is 19.9. The molecule has 0 bridgehead atoms. The van der Waals surface area contributed by atoms with E-state index in [1.54, 1.807) is 0 Å². The minimum absolute atomic E-state index is 0.765. The molecule has 168 valence electrons. The Bertz CT molecular complexity index is 545. The van der Waals surface area contributed by atoms with Gasteiger partial charge >= 0.3 is 0 Å². The Morgan fingerprint density at radius 3 is 1.55 bits per heavy atom. The molecule has 0 aliphatic carbocycles. The van der Waals surface area contributed by atoms with Crippen LogP contribution in [-0.4, -0.2) is 30.1 Å². The van der Waals surface area contributed by atoms with Gasteiger partial charge in [0.2, 0.25) is 0 Å². The summed E-state index contributed by atoms with van der Waals surface area (Å²) >= 11 is 0. The number of benzene rings is 1. The van der Waals surface area contributed by atoms with Crippen LogP contribution in [0, 0.1) is 6.92 Å². The second-order valence-corrected chi connectivity index (χ2v) is 9.20. The van der Waals surface area contributed by atoms with Gasteiger partial charge in [-0.3, -0.25) is 0 Å². The van der Waals surface area contributed by atoms with Crippen molar-refractivity contribution in [1.29, 1.82) is 0 Å². The second kappa shape index (κ2) is 16.6. The van der Waals surface area contributed by atoms with Crippen molar-refractivity contribution in [3.63, 3.8) is 0 Å². The first-order valence-electron chi connectivity index (χ1n) is 12.2. The fourth-order valence-electron chi connectivity index (χ4n) is 3.45. The molecule has 0 aliphatic rings. The largest absolute Gasteiger partial charge is 0.494 e. The third-order valence-corrected chi connectivity index (χ3v) is 6.31. The first kappa shape index (κ1) is 25.9. The van der Waals surface area contributed by atoms with E-state index in [1.165, 1.54) is 63.0 Å². The normalized spacial score (nSPS) is 11.0. The van der Waals surface area contributed by atoms with E-state index in [0.29, 0.717) is 0 Å². The highest BCUT2D eigenvalue weighted by Gasteiger charge is 2.17. The number of ether oxygens (including phenoxy) is 3. The smallest absolute Gasteiger partial charge is 0.164 e. The van der Waals surface area contributed by atoms with Gasteiger partial charge in [-0.1, -0.05) is 78.6 Å². The summed E-state index contributed by atoms with van der Waals surface area (Å²) in [5.41, 5.74) is 1.13. The molecular formula is C25H46O3Si. The fraction of sp³-hybridized carbons (Fsp3) is 0.760. The van der Waals surface area contributed by atoms with E-state index in [2.05, 4.69) is 33.8 Å². The van der Waals surface area contributed by atoms with E-state index in [1.807, 2.05) is 0 Å². The van der Waals surface area contributed by atoms with Crippen molar-refractivity contribution in [2.75, 3.05) is 19.8 Å². The van der Waals surface area contributed by atoms with Gasteiger partial charge in [-0.2, -0.15) is 0 Å². The van der Waals surface area contributed by atoms with Crippen molar-refractivity contribution in [3.8, 4) is 17.2 Å². The van der Waals surface area contributed by atoms with Crippen LogP contribution in [0.15, 0.2) is 6.07 Å². The molecule has 3 nitrogen and oxygen atoms in total. The van der Waals surface area contributed by atoms with Crippen LogP contribution >= 0.6 is 0 Å². The van der Waals surface area contributed by atoms with Gasteiger partial charge < -0.3 is 14.2 Å². The Kier molecular flexibility index (Phi) is 14.8. The van der Waals surface area contributed by atoms with Gasteiger partial charge in [-0.15, -0.1) is 0 Å². The Balaban J connectivity index is 2.80. The average Bonchev–Trinajstić information content (AvgIpc) is 2.71. The highest BCUT2D eigenvalue weighted by atomic mass is 28.1. The zero-order chi connectivity index (χ0) is 21.3. The van der Waals surface area contributed by atoms with E-state index in [9.17, 15) is 0 Å². The fourth-order valence-corrected chi connectivity index (χ4v) is 4.11. The standard InChI is InChI=1S/C25H46O3Si/c1-5-8-11-14-17-26-22-20-21(4)23(27-18-15-12-9-6-2)24(25(22)29)28-19-16-13-10-7-3/h20H,5-19H2,1-4,29H3. The van der Waals surface area contributed by atoms with Crippen molar-refractivity contribution in [1.82, 2.24) is 0 Å². The summed E-state index contributed by atoms with van der Waals surface area (Å²) in [5, 5.41) is 1.21. The van der Waals surface area contributed by atoms with E-state index >= 15 is 0 Å². The SMILES string of the molecule is CCCCCCOc1cc(C)c(OCCCCCC)c(OCCCCCC)c1[SiH3]. The van der Waals surface area contributed by atoms with E-state index in [0.717, 1.165) is 72.1 Å². The maximum atomic E-state index is 6.29. The molecule has 1 aromatic carbocycles. The lowest BCUT2D eigenvalue weighted by Gasteiger charge is -2.20. The molecule has 0 heterocycles. The molecule has 0 spiro atoms. The highest BCUT2D eigenvalue weighted by Crippen LogP contribution is 2.33. The minimum atomic E-state index is 0.765. The molecule has 1 aromatic rings. The van der Waals surface area contributed by atoms with Crippen molar-refractivity contribution in [2.24, 2.45) is 0 Å². The molecular weight excluding hydrogens is 376 g/mol. The predicted octanol–water partition coefficient (Wildman–Crippen LogP) is 5.86. The van der Waals surface area contributed by atoms with Crippen LogP contribution in [0.25, 0.3) is 0 Å². The molecule has 0 radical (unpaired) electrons. The summed E-state index contributed by atoms with van der Waals surface area (Å²) in [4.78, 5) is 0. The van der Waals surface area contributed by atoms with Gasteiger partial charge in [0.1, 0.15) is 5.75 Å². The monoisotopic (exact) mass is 422 g/mol. The van der Waals surface area contributed by atoms with Gasteiger partial charge in [-0.05, 0) is 37.8 Å². The first-order chi connectivity index (χ1) is 14.2. The number of hydrogen-bond donors (Lipinski definition) is 0. The lowest BCUT2D eigenvalue weighted by atomic mass is 10.1. The van der Waals surface area contributed by atoms with Crippen LogP contribution in [0.3, 0.4) is 0 Å². The molecule has 0 saturated heterocycles. The molecule has 29 heavy (non-hydrogen) atoms. The van der Waals surface area contributed by atoms with Crippen LogP contribution in [-0.2, 0) is 0 Å². The Morgan fingerprint density at radius 2 is 1.07 bits per heavy atom. The van der Waals surface area contributed by atoms with Crippen molar-refractivity contribution in [2.45, 2.75) is 105 Å². The van der Waals surface area contributed by atoms with Crippen molar-refractivity contribution >= 4 is 15.4 Å². The maximum absolute atomic E-state index is 6.29. The molecule has 1 rings (SSSR count). The lowest BCUT2D eigenvalue weighted by Crippen LogP contribution is -2.17. The Hall–Kier alpha value is -1.16. The number of aryl methyl sites for hydroxylation is 1. The molecule has 0 atom stereocenters. The Morgan fingerprint density at radius 1 is 0.621 bits per heavy atom. The summed E-state index contributed by atoms with van der Waals surface area (Å²) in [6, 6.07) is 2.16. The summed E-state index contributed by atoms with van der Waals surface area (Å²) in [6.07, 6.45) is 14.6. The molecule has 0 aromatic heterocycles. The second-order valence-electron chi connectivity index (χ2n) is 8.20. The number of rotatable bonds is 18. The average molecular weight is 423 g/mol. The highest BCUT2D eigenvalue weighted by molar-refractivity contribution is 6.36. The number of unbranched alkanes of at least 4 members (excludes halogenated alkanes) is 9. The maximum Gasteiger partial charge on any atom is 0.164 e. The summed E-state index contributed by atoms with van der Waals surface area (Å²) < 4.78 is 18.7. The third kappa shape index (κ3) is 10.4. The molecule has 0 unspecified atom stereocenters. The quantitative estimate of drug-likeness (QED) is 0.219. The summed E-state index contributed by atoms with van der Waals surface area (Å²) in [5.74, 6) is 2.90. The molecule has 0 saturated carbocycles. The predicted molar refractivity (Wildman–Crippen MR) is 130 cm³/mol. The van der Waals surface area contributed by atoms with Gasteiger partial charge in [0.15, 0.2) is 11.5 Å². The van der Waals surface area contributed by atoms with Crippen molar-refractivity contribution in [3.05, 3.63) is 11.6 Å². The summed E-state index contributed by atoms with van der Waals surface area (Å²) in [6.45, 7) is 11.2. The van der Waals surface area contributed by atoms with Crippen LogP contribution in [0.2, 0.25) is 0 Å². The first-order valence-corrected chi connectivity index (χ1v) is 13.2. The van der Waals surface area contributed by atoms with Crippen molar-refractivity contribution < 1.29 is 14.2 Å². The molecule has 0 N–H and O–H groups in total. The molecule has 0 amide bonds. The van der Waals surface area contributed by atoms with E-state index < -0.39 is 0 Å². The van der Waals surface area contributed by atoms with Gasteiger partial charge in [-0.25, -0.2) is 0 Å². The van der Waals surface area contributed by atoms with Crippen LogP contribution < -0.4 is 19.4 Å². The van der Waals surface area contributed by atoms with E-state index in [4.69, 9.17) is 14.2 Å². The van der Waals surface area contributed by atoms with Crippen LogP contribution in [0.4, 0.5) is 0 Å². The zero-order valence-corrected chi connectivity index (χ0v) is 21.9. The van der Waals surface area contributed by atoms with Gasteiger partial charge in [0, 0.05) is 15.4 Å². The van der Waals surface area contributed by atoms with Crippen LogP contribution in [0.1, 0.15) is 103 Å². The number of hydrogen-bond acceptors (Lipinski definition) is 3. The summed E-state index contributed by atoms with van der Waals surface area (Å²) in [7, 11) is 0.894. The topological polar surface area (TPSA) is 27.7 Å². The molecule has 0 aliphatic heterocycles.